The zero-order chi connectivity index (χ0) is 14.1. The van der Waals surface area contributed by atoms with E-state index in [4.69, 9.17) is 4.74 Å². The Bertz CT molecular complexity index is 508. The Labute approximate surface area is 117 Å². The van der Waals surface area contributed by atoms with E-state index in [0.29, 0.717) is 5.75 Å². The minimum absolute atomic E-state index is 0.0976. The Kier molecular flexibility index (Phi) is 3.58. The summed E-state index contributed by atoms with van der Waals surface area (Å²) in [5.41, 5.74) is 1.05. The first-order valence-corrected chi connectivity index (χ1v) is 6.91. The molecular formula is C14H19N3O3. The van der Waals surface area contributed by atoms with Gasteiger partial charge in [0, 0.05) is 25.7 Å². The van der Waals surface area contributed by atoms with E-state index in [1.807, 2.05) is 6.07 Å². The molecule has 0 amide bonds. The van der Waals surface area contributed by atoms with Crippen molar-refractivity contribution in [2.24, 2.45) is 11.8 Å². The molecule has 2 aliphatic rings. The number of likely N-dealkylation sites (tertiary alicyclic amines) is 1. The van der Waals surface area contributed by atoms with Crippen LogP contribution in [-0.2, 0) is 6.54 Å². The van der Waals surface area contributed by atoms with Gasteiger partial charge in [0.2, 0.25) is 0 Å². The summed E-state index contributed by atoms with van der Waals surface area (Å²) >= 11 is 0. The second-order valence-corrected chi connectivity index (χ2v) is 5.67. The van der Waals surface area contributed by atoms with Gasteiger partial charge in [0.15, 0.2) is 0 Å². The molecule has 2 fully saturated rings. The van der Waals surface area contributed by atoms with Gasteiger partial charge in [0.1, 0.15) is 5.75 Å². The molecule has 1 aromatic carbocycles. The molecule has 108 valence electrons. The second kappa shape index (κ2) is 5.38. The van der Waals surface area contributed by atoms with Crippen LogP contribution in [0.4, 0.5) is 5.69 Å². The summed E-state index contributed by atoms with van der Waals surface area (Å²) in [4.78, 5) is 13.0. The number of fused-ring (bicyclic) bond motifs is 1. The van der Waals surface area contributed by atoms with E-state index in [2.05, 4.69) is 10.2 Å². The quantitative estimate of drug-likeness (QED) is 0.663. The smallest absolute Gasteiger partial charge is 0.273 e. The fraction of sp³-hybridized carbons (Fsp3) is 0.571. The van der Waals surface area contributed by atoms with Gasteiger partial charge in [-0.2, -0.15) is 0 Å². The molecule has 1 N–H and O–H groups in total. The van der Waals surface area contributed by atoms with E-state index < -0.39 is 0 Å². The van der Waals surface area contributed by atoms with E-state index >= 15 is 0 Å². The van der Waals surface area contributed by atoms with Crippen LogP contribution in [0.15, 0.2) is 18.2 Å². The minimum Gasteiger partial charge on any atom is -0.496 e. The predicted molar refractivity (Wildman–Crippen MR) is 74.8 cm³/mol. The average molecular weight is 277 g/mol. The van der Waals surface area contributed by atoms with Gasteiger partial charge >= 0.3 is 0 Å². The summed E-state index contributed by atoms with van der Waals surface area (Å²) in [5.74, 6) is 2.02. The van der Waals surface area contributed by atoms with E-state index in [1.54, 1.807) is 6.07 Å². The summed E-state index contributed by atoms with van der Waals surface area (Å²) in [5, 5.41) is 14.4. The van der Waals surface area contributed by atoms with E-state index in [1.165, 1.54) is 13.2 Å². The van der Waals surface area contributed by atoms with Gasteiger partial charge in [0.25, 0.3) is 5.69 Å². The number of non-ortho nitro benzene ring substituents is 1. The molecule has 6 nitrogen and oxygen atoms in total. The third-order valence-electron chi connectivity index (χ3n) is 4.27. The topological polar surface area (TPSA) is 67.6 Å². The standard InChI is InChI=1S/C14H19N3O3/c1-20-14-3-10(2-13(4-14)17(18)19)7-16-8-11-5-15-6-12(11)9-16/h2-4,11-12,15H,5-9H2,1H3. The van der Waals surface area contributed by atoms with Crippen molar-refractivity contribution in [3.8, 4) is 5.75 Å². The lowest BCUT2D eigenvalue weighted by molar-refractivity contribution is -0.385. The largest absolute Gasteiger partial charge is 0.496 e. The normalized spacial score (nSPS) is 25.6. The van der Waals surface area contributed by atoms with Crippen molar-refractivity contribution in [3.63, 3.8) is 0 Å². The molecule has 6 heteroatoms. The van der Waals surface area contributed by atoms with Crippen LogP contribution < -0.4 is 10.1 Å². The van der Waals surface area contributed by atoms with Crippen molar-refractivity contribution in [3.05, 3.63) is 33.9 Å². The zero-order valence-corrected chi connectivity index (χ0v) is 11.5. The summed E-state index contributed by atoms with van der Waals surface area (Å²) in [6.07, 6.45) is 0. The first kappa shape index (κ1) is 13.3. The molecule has 2 unspecified atom stereocenters. The number of hydrogen-bond acceptors (Lipinski definition) is 5. The van der Waals surface area contributed by atoms with Gasteiger partial charge in [-0.15, -0.1) is 0 Å². The van der Waals surface area contributed by atoms with Crippen molar-refractivity contribution in [1.29, 1.82) is 0 Å². The maximum absolute atomic E-state index is 10.9. The lowest BCUT2D eigenvalue weighted by Gasteiger charge is -2.17. The molecule has 2 heterocycles. The SMILES string of the molecule is COc1cc(CN2CC3CNCC3C2)cc([N+](=O)[O-])c1. The van der Waals surface area contributed by atoms with E-state index in [0.717, 1.165) is 50.1 Å². The zero-order valence-electron chi connectivity index (χ0n) is 11.5. The van der Waals surface area contributed by atoms with Crippen molar-refractivity contribution in [2.45, 2.75) is 6.54 Å². The van der Waals surface area contributed by atoms with E-state index in [9.17, 15) is 10.1 Å². The molecule has 0 spiro atoms. The lowest BCUT2D eigenvalue weighted by Crippen LogP contribution is -2.25. The van der Waals surface area contributed by atoms with Crippen molar-refractivity contribution < 1.29 is 9.66 Å². The highest BCUT2D eigenvalue weighted by molar-refractivity contribution is 5.42. The predicted octanol–water partition coefficient (Wildman–Crippen LogP) is 1.25. The van der Waals surface area contributed by atoms with Gasteiger partial charge in [0.05, 0.1) is 18.1 Å². The highest BCUT2D eigenvalue weighted by Crippen LogP contribution is 2.29. The van der Waals surface area contributed by atoms with Gasteiger partial charge in [-0.05, 0) is 36.6 Å². The van der Waals surface area contributed by atoms with Crippen LogP contribution in [0.25, 0.3) is 0 Å². The first-order valence-electron chi connectivity index (χ1n) is 6.91. The number of hydrogen-bond donors (Lipinski definition) is 1. The molecule has 3 rings (SSSR count). The summed E-state index contributed by atoms with van der Waals surface area (Å²) < 4.78 is 5.15. The third kappa shape index (κ3) is 2.62. The molecule has 0 aromatic heterocycles. The van der Waals surface area contributed by atoms with Gasteiger partial charge in [-0.3, -0.25) is 15.0 Å². The van der Waals surface area contributed by atoms with Gasteiger partial charge in [-0.25, -0.2) is 0 Å². The van der Waals surface area contributed by atoms with Crippen molar-refractivity contribution in [2.75, 3.05) is 33.3 Å². The number of nitrogens with one attached hydrogen (secondary N) is 1. The number of nitro groups is 1. The first-order chi connectivity index (χ1) is 9.65. The molecule has 2 atom stereocenters. The average Bonchev–Trinajstić information content (AvgIpc) is 2.99. The molecule has 20 heavy (non-hydrogen) atoms. The molecular weight excluding hydrogens is 258 g/mol. The Balaban J connectivity index is 1.73. The fourth-order valence-corrected chi connectivity index (χ4v) is 3.30. The van der Waals surface area contributed by atoms with Crippen LogP contribution in [0.1, 0.15) is 5.56 Å². The number of methoxy groups -OCH3 is 1. The van der Waals surface area contributed by atoms with E-state index in [-0.39, 0.29) is 10.6 Å². The number of ether oxygens (including phenoxy) is 1. The lowest BCUT2D eigenvalue weighted by atomic mass is 10.0. The summed E-state index contributed by atoms with van der Waals surface area (Å²) in [7, 11) is 1.54. The highest BCUT2D eigenvalue weighted by Gasteiger charge is 2.35. The molecule has 0 bridgehead atoms. The molecule has 2 aliphatic heterocycles. The third-order valence-corrected chi connectivity index (χ3v) is 4.27. The van der Waals surface area contributed by atoms with Crippen LogP contribution in [0.3, 0.4) is 0 Å². The number of rotatable bonds is 4. The Morgan fingerprint density at radius 1 is 1.35 bits per heavy atom. The van der Waals surface area contributed by atoms with Crippen LogP contribution in [0.2, 0.25) is 0 Å². The summed E-state index contributed by atoms with van der Waals surface area (Å²) in [6.45, 7) is 5.09. The molecule has 2 saturated heterocycles. The monoisotopic (exact) mass is 277 g/mol. The van der Waals surface area contributed by atoms with Gasteiger partial charge < -0.3 is 10.1 Å². The number of benzene rings is 1. The number of nitrogens with zero attached hydrogens (tertiary/aromatic N) is 2. The Morgan fingerprint density at radius 3 is 2.65 bits per heavy atom. The molecule has 1 aromatic rings. The maximum atomic E-state index is 10.9. The van der Waals surface area contributed by atoms with Crippen molar-refractivity contribution in [1.82, 2.24) is 10.2 Å². The Morgan fingerprint density at radius 2 is 2.05 bits per heavy atom. The molecule has 0 aliphatic carbocycles. The number of nitro benzene ring substituents is 1. The van der Waals surface area contributed by atoms with Crippen LogP contribution in [0, 0.1) is 22.0 Å². The van der Waals surface area contributed by atoms with Crippen LogP contribution in [-0.4, -0.2) is 43.1 Å². The molecule has 0 saturated carbocycles. The summed E-state index contributed by atoms with van der Waals surface area (Å²) in [6, 6.07) is 5.00. The fourth-order valence-electron chi connectivity index (χ4n) is 3.30. The minimum atomic E-state index is -0.366. The maximum Gasteiger partial charge on any atom is 0.273 e. The highest BCUT2D eigenvalue weighted by atomic mass is 16.6. The second-order valence-electron chi connectivity index (χ2n) is 5.67. The Hall–Kier alpha value is -1.66. The van der Waals surface area contributed by atoms with Crippen LogP contribution >= 0.6 is 0 Å². The van der Waals surface area contributed by atoms with Crippen molar-refractivity contribution >= 4 is 5.69 Å². The van der Waals surface area contributed by atoms with Crippen LogP contribution in [0.5, 0.6) is 5.75 Å². The molecule has 0 radical (unpaired) electrons. The van der Waals surface area contributed by atoms with Gasteiger partial charge in [-0.1, -0.05) is 0 Å².